The molecule has 0 spiro atoms. The fraction of sp³-hybridized carbons (Fsp3) is 0.457. The summed E-state index contributed by atoms with van der Waals surface area (Å²) in [6, 6.07) is 9.12. The molecule has 233 valence electrons. The summed E-state index contributed by atoms with van der Waals surface area (Å²) in [7, 11) is 0. The molecule has 8 heteroatoms. The maximum atomic E-state index is 14.4. The Morgan fingerprint density at radius 3 is 1.70 bits per heavy atom. The summed E-state index contributed by atoms with van der Waals surface area (Å²) in [5.74, 6) is -3.02. The summed E-state index contributed by atoms with van der Waals surface area (Å²) in [5.41, 5.74) is -0.636. The van der Waals surface area contributed by atoms with Crippen LogP contribution in [-0.2, 0) is 38.8 Å². The van der Waals surface area contributed by atoms with Gasteiger partial charge in [0.15, 0.2) is 0 Å². The number of aryl methyl sites for hydroxylation is 1. The first kappa shape index (κ1) is 37.3. The van der Waals surface area contributed by atoms with Gasteiger partial charge in [-0.1, -0.05) is 69.9 Å². The van der Waals surface area contributed by atoms with Crippen LogP contribution in [0, 0.1) is 61.3 Å². The molecular formula is C35H41F6OY-. The predicted molar refractivity (Wildman–Crippen MR) is 156 cm³/mol. The van der Waals surface area contributed by atoms with Gasteiger partial charge in [-0.05, 0) is 67.7 Å². The molecule has 0 atom stereocenters. The molecule has 1 nitrogen and oxygen atoms in total. The molecule has 0 saturated heterocycles. The molecule has 0 bridgehead atoms. The van der Waals surface area contributed by atoms with Gasteiger partial charge in [0.05, 0.1) is 0 Å². The molecule has 2 aliphatic rings. The van der Waals surface area contributed by atoms with E-state index in [-0.39, 0.29) is 45.7 Å². The summed E-state index contributed by atoms with van der Waals surface area (Å²) in [6.45, 7) is 5.35. The van der Waals surface area contributed by atoms with Gasteiger partial charge in [0, 0.05) is 50.4 Å². The van der Waals surface area contributed by atoms with E-state index in [4.69, 9.17) is 0 Å². The summed E-state index contributed by atoms with van der Waals surface area (Å²) < 4.78 is 88.7. The van der Waals surface area contributed by atoms with Crippen molar-refractivity contribution in [3.63, 3.8) is 0 Å². The zero-order valence-corrected chi connectivity index (χ0v) is 27.2. The second kappa shape index (κ2) is 16.5. The number of benzene rings is 3. The average Bonchev–Trinajstić information content (AvgIpc) is 2.92. The van der Waals surface area contributed by atoms with Gasteiger partial charge < -0.3 is 11.2 Å². The van der Waals surface area contributed by atoms with E-state index in [0.29, 0.717) is 17.7 Å². The van der Waals surface area contributed by atoms with E-state index in [0.717, 1.165) is 42.4 Å². The predicted octanol–water partition coefficient (Wildman–Crippen LogP) is 11.5. The maximum Gasteiger partial charge on any atom is 0.432 e. The van der Waals surface area contributed by atoms with Gasteiger partial charge in [0.25, 0.3) is 0 Å². The molecule has 5 rings (SSSR count). The molecule has 1 radical (unpaired) electrons. The Kier molecular flexibility index (Phi) is 14.3. The van der Waals surface area contributed by atoms with Crippen LogP contribution in [-0.4, -0.2) is 0 Å². The second-order valence-corrected chi connectivity index (χ2v) is 11.5. The first-order valence-corrected chi connectivity index (χ1v) is 14.3. The van der Waals surface area contributed by atoms with Crippen molar-refractivity contribution < 1.29 is 63.8 Å². The van der Waals surface area contributed by atoms with Gasteiger partial charge in [-0.2, -0.15) is 21.6 Å². The van der Waals surface area contributed by atoms with Gasteiger partial charge in [-0.15, -0.1) is 0 Å². The zero-order chi connectivity index (χ0) is 29.7. The minimum Gasteiger partial charge on any atom is -0.429 e. The fourth-order valence-corrected chi connectivity index (χ4v) is 5.83. The topological polar surface area (TPSA) is 9.23 Å². The van der Waals surface area contributed by atoms with Crippen molar-refractivity contribution in [1.82, 2.24) is 0 Å². The van der Waals surface area contributed by atoms with Gasteiger partial charge >= 0.3 is 6.11 Å². The van der Waals surface area contributed by atoms with E-state index in [9.17, 15) is 26.3 Å². The largest absolute Gasteiger partial charge is 0.432 e. The Labute approximate surface area is 277 Å². The zero-order valence-electron chi connectivity index (χ0n) is 24.3. The SMILES string of the molecule is C.CC1CCC(C2CC[CH-]CC2)CC1.Cc1ccc(-c2cc(F)c(C(F)(F)Oc3cc(F)c(C)c(F)c3)c(F)c2)cc1.[Y]. The second-order valence-electron chi connectivity index (χ2n) is 11.5. The monoisotopic (exact) mass is 680 g/mol. The first-order valence-electron chi connectivity index (χ1n) is 14.3. The molecule has 3 aromatic carbocycles. The summed E-state index contributed by atoms with van der Waals surface area (Å²) >= 11 is 0. The Balaban J connectivity index is 0.000000362. The van der Waals surface area contributed by atoms with Gasteiger partial charge in [-0.25, -0.2) is 17.6 Å². The first-order chi connectivity index (χ1) is 19.4. The molecule has 2 saturated carbocycles. The summed E-state index contributed by atoms with van der Waals surface area (Å²) in [4.78, 5) is 0. The van der Waals surface area contributed by atoms with Gasteiger partial charge in [0.2, 0.25) is 0 Å². The van der Waals surface area contributed by atoms with Crippen LogP contribution in [0.5, 0.6) is 5.75 Å². The van der Waals surface area contributed by atoms with E-state index in [1.807, 2.05) is 6.92 Å². The van der Waals surface area contributed by atoms with Crippen LogP contribution in [0.4, 0.5) is 26.3 Å². The van der Waals surface area contributed by atoms with Gasteiger partial charge in [-0.3, -0.25) is 0 Å². The standard InChI is InChI=1S/C21H14F6O.C13H23.CH4.Y/c1-11-3-5-13(6-4-11)14-7-18(24)20(19(25)8-14)21(26,27)28-15-9-16(22)12(2)17(23)10-15;1-11-7-9-13(10-8-11)12-5-3-2-4-6-12;;/h3-10H,1-2H3;2,11-13H,3-10H2,1H3;1H4;/q;-1;;. The Morgan fingerprint density at radius 1 is 0.698 bits per heavy atom. The quantitative estimate of drug-likeness (QED) is 0.193. The molecule has 0 N–H and O–H groups in total. The third-order valence-electron chi connectivity index (χ3n) is 8.43. The molecule has 0 aliphatic heterocycles. The van der Waals surface area contributed by atoms with Gasteiger partial charge in [0.1, 0.15) is 34.6 Å². The van der Waals surface area contributed by atoms with Crippen molar-refractivity contribution in [2.75, 3.05) is 0 Å². The molecule has 0 aromatic heterocycles. The van der Waals surface area contributed by atoms with E-state index >= 15 is 0 Å². The number of hydrogen-bond donors (Lipinski definition) is 0. The molecule has 43 heavy (non-hydrogen) atoms. The Hall–Kier alpha value is -1.86. The van der Waals surface area contributed by atoms with E-state index in [1.54, 1.807) is 24.3 Å². The van der Waals surface area contributed by atoms with E-state index < -0.39 is 46.3 Å². The Morgan fingerprint density at radius 2 is 1.19 bits per heavy atom. The molecule has 3 aromatic rings. The van der Waals surface area contributed by atoms with Crippen molar-refractivity contribution in [2.24, 2.45) is 17.8 Å². The summed E-state index contributed by atoms with van der Waals surface area (Å²) in [6.07, 6.45) is 9.87. The van der Waals surface area contributed by atoms with Crippen molar-refractivity contribution in [3.8, 4) is 16.9 Å². The van der Waals surface area contributed by atoms with Crippen LogP contribution in [0.3, 0.4) is 0 Å². The number of alkyl halides is 2. The average molecular weight is 681 g/mol. The van der Waals surface area contributed by atoms with Crippen molar-refractivity contribution in [3.05, 3.63) is 94.9 Å². The van der Waals surface area contributed by atoms with Crippen LogP contribution < -0.4 is 4.74 Å². The maximum absolute atomic E-state index is 14.4. The minimum atomic E-state index is -4.49. The molecule has 2 aliphatic carbocycles. The van der Waals surface area contributed by atoms with Crippen LogP contribution in [0.25, 0.3) is 11.1 Å². The number of halogens is 6. The van der Waals surface area contributed by atoms with Crippen molar-refractivity contribution in [2.45, 2.75) is 85.7 Å². The van der Waals surface area contributed by atoms with E-state index in [2.05, 4.69) is 18.1 Å². The number of hydrogen-bond acceptors (Lipinski definition) is 1. The van der Waals surface area contributed by atoms with Crippen LogP contribution in [0.1, 0.15) is 82.4 Å². The molecule has 0 heterocycles. The van der Waals surface area contributed by atoms with Crippen LogP contribution >= 0.6 is 0 Å². The molecule has 0 amide bonds. The third kappa shape index (κ3) is 9.81. The fourth-order valence-electron chi connectivity index (χ4n) is 5.83. The van der Waals surface area contributed by atoms with E-state index in [1.165, 1.54) is 51.4 Å². The molecule has 0 unspecified atom stereocenters. The van der Waals surface area contributed by atoms with Crippen LogP contribution in [0.2, 0.25) is 0 Å². The van der Waals surface area contributed by atoms with Crippen molar-refractivity contribution >= 4 is 0 Å². The molecule has 2 fully saturated rings. The Bertz CT molecular complexity index is 1270. The molecular weight excluding hydrogens is 639 g/mol. The third-order valence-corrected chi connectivity index (χ3v) is 8.43. The smallest absolute Gasteiger partial charge is 0.429 e. The number of ether oxygens (including phenoxy) is 1. The van der Waals surface area contributed by atoms with Crippen LogP contribution in [0.15, 0.2) is 48.5 Å². The van der Waals surface area contributed by atoms with Crippen molar-refractivity contribution in [1.29, 1.82) is 0 Å². The number of rotatable bonds is 5. The minimum absolute atomic E-state index is 0. The summed E-state index contributed by atoms with van der Waals surface area (Å²) in [5, 5.41) is 0. The normalized spacial score (nSPS) is 18.9.